The number of Topliss-reactive ketones (excluding diaryl/α,β-unsaturated/α-hetero) is 1. The van der Waals surface area contributed by atoms with Crippen LogP contribution in [0, 0.1) is 6.92 Å². The summed E-state index contributed by atoms with van der Waals surface area (Å²) in [6, 6.07) is 8.29. The van der Waals surface area contributed by atoms with Gasteiger partial charge in [0.1, 0.15) is 11.6 Å². The van der Waals surface area contributed by atoms with Gasteiger partial charge in [-0.2, -0.15) is 12.7 Å². The average Bonchev–Trinajstić information content (AvgIpc) is 3.60. The molecule has 1 aromatic carbocycles. The number of pyridine rings is 1. The van der Waals surface area contributed by atoms with Crippen molar-refractivity contribution in [1.29, 1.82) is 0 Å². The summed E-state index contributed by atoms with van der Waals surface area (Å²) in [7, 11) is -4.07. The Kier molecular flexibility index (Phi) is 9.68. The van der Waals surface area contributed by atoms with Crippen molar-refractivity contribution >= 4 is 40.3 Å². The minimum atomic E-state index is -4.07. The molecule has 1 saturated carbocycles. The smallest absolute Gasteiger partial charge is 0.341 e. The Morgan fingerprint density at radius 2 is 1.81 bits per heavy atom. The Labute approximate surface area is 273 Å². The molecule has 14 nitrogen and oxygen atoms in total. The first-order valence-corrected chi connectivity index (χ1v) is 17.2. The van der Waals surface area contributed by atoms with Crippen LogP contribution in [0.3, 0.4) is 0 Å². The molecule has 0 radical (unpaired) electrons. The van der Waals surface area contributed by atoms with Gasteiger partial charge in [-0.15, -0.1) is 0 Å². The highest BCUT2D eigenvalue weighted by atomic mass is 32.2. The number of anilines is 1. The number of hydrogen-bond acceptors (Lipinski definition) is 12. The van der Waals surface area contributed by atoms with Crippen LogP contribution in [0.25, 0.3) is 0 Å². The van der Waals surface area contributed by atoms with Crippen molar-refractivity contribution in [2.45, 2.75) is 64.3 Å². The topological polar surface area (TPSA) is 164 Å². The maximum absolute atomic E-state index is 13.5. The van der Waals surface area contributed by atoms with Crippen molar-refractivity contribution in [2.75, 3.05) is 38.3 Å². The molecule has 4 heterocycles. The van der Waals surface area contributed by atoms with E-state index >= 15 is 0 Å². The Morgan fingerprint density at radius 1 is 1.09 bits per heavy atom. The van der Waals surface area contributed by atoms with E-state index in [1.165, 1.54) is 11.2 Å². The largest absolute Gasteiger partial charge is 0.434 e. The monoisotopic (exact) mass is 665 g/mol. The van der Waals surface area contributed by atoms with Crippen LogP contribution < -0.4 is 16.2 Å². The fraction of sp³-hybridized carbons (Fsp3) is 0.469. The minimum absolute atomic E-state index is 0.0121. The van der Waals surface area contributed by atoms with Crippen LogP contribution >= 0.6 is 0 Å². The number of esters is 1. The van der Waals surface area contributed by atoms with E-state index in [1.807, 2.05) is 12.3 Å². The molecule has 1 aromatic heterocycles. The first-order valence-electron chi connectivity index (χ1n) is 15.8. The van der Waals surface area contributed by atoms with E-state index in [2.05, 4.69) is 25.5 Å². The molecule has 0 amide bonds. The first-order chi connectivity index (χ1) is 22.6. The Morgan fingerprint density at radius 3 is 2.47 bits per heavy atom. The Hall–Kier alpha value is -4.18. The molecule has 250 valence electrons. The summed E-state index contributed by atoms with van der Waals surface area (Å²) in [5, 5.41) is 6.67. The number of aliphatic imine (C=N–C) groups is 2. The van der Waals surface area contributed by atoms with Gasteiger partial charge in [0.2, 0.25) is 6.79 Å². The molecule has 2 aromatic rings. The number of carbonyl (C=O) groups excluding carboxylic acids is 2. The Bertz CT molecular complexity index is 1770. The van der Waals surface area contributed by atoms with Crippen LogP contribution in [0.2, 0.25) is 0 Å². The van der Waals surface area contributed by atoms with Crippen LogP contribution in [0.5, 0.6) is 0 Å². The summed E-state index contributed by atoms with van der Waals surface area (Å²) in [5.41, 5.74) is 1.65. The third-order valence-electron chi connectivity index (χ3n) is 9.05. The van der Waals surface area contributed by atoms with Crippen LogP contribution in [0.15, 0.2) is 57.0 Å². The highest BCUT2D eigenvalue weighted by Crippen LogP contribution is 2.34. The van der Waals surface area contributed by atoms with E-state index in [0.29, 0.717) is 42.3 Å². The summed E-state index contributed by atoms with van der Waals surface area (Å²) >= 11 is 0. The molecule has 1 aliphatic carbocycles. The molecular formula is C32H39N7O7S. The van der Waals surface area contributed by atoms with Gasteiger partial charge >= 0.3 is 16.3 Å². The van der Waals surface area contributed by atoms with E-state index in [0.717, 1.165) is 31.2 Å². The normalized spacial score (nSPS) is 22.0. The van der Waals surface area contributed by atoms with E-state index in [9.17, 15) is 22.8 Å². The SMILES string of the molecule is CC(=O)c1c(C)c2c(n(C3CCCC3)c1=O)NC(NC1=CCC(N3CCN(S(=O)(=O)OCOC(=O)c4ccccc4)CC3)C=N1)N=C2. The quantitative estimate of drug-likeness (QED) is 0.219. The lowest BCUT2D eigenvalue weighted by Gasteiger charge is -2.37. The van der Waals surface area contributed by atoms with Gasteiger partial charge in [0.25, 0.3) is 5.56 Å². The van der Waals surface area contributed by atoms with Gasteiger partial charge in [0, 0.05) is 56.3 Å². The molecule has 47 heavy (non-hydrogen) atoms. The van der Waals surface area contributed by atoms with E-state index < -0.39 is 29.4 Å². The van der Waals surface area contributed by atoms with Gasteiger partial charge in [-0.25, -0.2) is 19.0 Å². The molecule has 0 spiro atoms. The predicted molar refractivity (Wildman–Crippen MR) is 176 cm³/mol. The zero-order chi connectivity index (χ0) is 33.1. The lowest BCUT2D eigenvalue weighted by Crippen LogP contribution is -2.53. The number of ether oxygens (including phenoxy) is 1. The lowest BCUT2D eigenvalue weighted by atomic mass is 10.0. The molecule has 0 bridgehead atoms. The molecule has 3 aliphatic heterocycles. The maximum Gasteiger partial charge on any atom is 0.341 e. The third-order valence-corrected chi connectivity index (χ3v) is 10.4. The average molecular weight is 666 g/mol. The second-order valence-electron chi connectivity index (χ2n) is 12.0. The lowest BCUT2D eigenvalue weighted by molar-refractivity contribution is 0.0142. The highest BCUT2D eigenvalue weighted by molar-refractivity contribution is 7.84. The van der Waals surface area contributed by atoms with E-state index in [1.54, 1.807) is 48.0 Å². The minimum Gasteiger partial charge on any atom is -0.434 e. The number of hydrogen-bond donors (Lipinski definition) is 2. The van der Waals surface area contributed by atoms with Crippen molar-refractivity contribution in [1.82, 2.24) is 19.1 Å². The summed E-state index contributed by atoms with van der Waals surface area (Å²) in [4.78, 5) is 49.3. The van der Waals surface area contributed by atoms with Crippen LogP contribution in [-0.2, 0) is 19.2 Å². The predicted octanol–water partition coefficient (Wildman–Crippen LogP) is 2.57. The van der Waals surface area contributed by atoms with Crippen LogP contribution in [-0.4, -0.2) is 91.7 Å². The summed E-state index contributed by atoms with van der Waals surface area (Å²) in [6.07, 6.45) is 9.48. The zero-order valence-electron chi connectivity index (χ0n) is 26.4. The molecule has 1 saturated heterocycles. The van der Waals surface area contributed by atoms with Crippen LogP contribution in [0.4, 0.5) is 5.82 Å². The molecule has 2 atom stereocenters. The van der Waals surface area contributed by atoms with E-state index in [-0.39, 0.29) is 42.1 Å². The van der Waals surface area contributed by atoms with Gasteiger partial charge in [0.15, 0.2) is 12.1 Å². The molecule has 6 rings (SSSR count). The molecule has 2 unspecified atom stereocenters. The number of carbonyl (C=O) groups is 2. The number of fused-ring (bicyclic) bond motifs is 1. The van der Waals surface area contributed by atoms with Crippen molar-refractivity contribution in [2.24, 2.45) is 9.98 Å². The van der Waals surface area contributed by atoms with Crippen molar-refractivity contribution in [3.8, 4) is 0 Å². The number of nitrogens with zero attached hydrogens (tertiary/aromatic N) is 5. The highest BCUT2D eigenvalue weighted by Gasteiger charge is 2.32. The third kappa shape index (κ3) is 7.07. The Balaban J connectivity index is 1.02. The molecule has 15 heteroatoms. The van der Waals surface area contributed by atoms with Crippen molar-refractivity contribution in [3.63, 3.8) is 0 Å². The number of nitrogens with one attached hydrogen (secondary N) is 2. The summed E-state index contributed by atoms with van der Waals surface area (Å²) in [5.74, 6) is 0.389. The number of aromatic nitrogens is 1. The molecule has 4 aliphatic rings. The number of rotatable bonds is 10. The maximum atomic E-state index is 13.5. The standard InChI is InChI=1S/C32H39N7O7S/c1-21-26-19-34-32(36-29(26)39(24-10-6-7-11-24)30(41)28(21)22(2)40)35-27-13-12-25(18-33-27)37-14-16-38(17-15-37)47(43,44)46-20-45-31(42)23-8-4-3-5-9-23/h3-5,8-9,13,18-19,24-25,32,35-36H,6-7,10-12,14-17,20H2,1-2H3. The second-order valence-corrected chi connectivity index (χ2v) is 13.6. The molecule has 2 N–H and O–H groups in total. The number of piperazine rings is 1. The van der Waals surface area contributed by atoms with Crippen LogP contribution in [0.1, 0.15) is 76.9 Å². The fourth-order valence-corrected chi connectivity index (χ4v) is 7.49. The van der Waals surface area contributed by atoms with Gasteiger partial charge in [-0.1, -0.05) is 31.0 Å². The molecule has 2 fully saturated rings. The van der Waals surface area contributed by atoms with E-state index in [4.69, 9.17) is 8.92 Å². The van der Waals surface area contributed by atoms with Gasteiger partial charge in [-0.3, -0.25) is 19.1 Å². The van der Waals surface area contributed by atoms with Gasteiger partial charge in [-0.05, 0) is 56.9 Å². The fourth-order valence-electron chi connectivity index (χ4n) is 6.57. The number of benzene rings is 1. The second kappa shape index (κ2) is 13.9. The number of ketones is 1. The van der Waals surface area contributed by atoms with Crippen molar-refractivity contribution in [3.05, 3.63) is 74.8 Å². The molecular weight excluding hydrogens is 626 g/mol. The van der Waals surface area contributed by atoms with Crippen molar-refractivity contribution < 1.29 is 26.9 Å². The van der Waals surface area contributed by atoms with Gasteiger partial charge < -0.3 is 15.4 Å². The van der Waals surface area contributed by atoms with Gasteiger partial charge in [0.05, 0.1) is 11.1 Å². The first kappa shape index (κ1) is 32.7. The summed E-state index contributed by atoms with van der Waals surface area (Å²) in [6.45, 7) is 3.92. The zero-order valence-corrected chi connectivity index (χ0v) is 27.2. The summed E-state index contributed by atoms with van der Waals surface area (Å²) < 4.78 is 38.3.